The zero-order valence-electron chi connectivity index (χ0n) is 19.1. The molecule has 0 radical (unpaired) electrons. The monoisotopic (exact) mass is 559 g/mol. The maximum absolute atomic E-state index is 12.6. The summed E-state index contributed by atoms with van der Waals surface area (Å²) < 4.78 is 11.2. The summed E-state index contributed by atoms with van der Waals surface area (Å²) in [6.07, 6.45) is 3.10. The van der Waals surface area contributed by atoms with Crippen LogP contribution in [0.4, 0.5) is 5.69 Å². The highest BCUT2D eigenvalue weighted by Crippen LogP contribution is 2.16. The molecule has 0 aromatic heterocycles. The number of carbonyl (C=O) groups is 1. The standard InChI is InChI=1S/C23H37N5O3.HI/c1-24-23(25-10-5-15-31-19-20-8-16-30-17-9-20)26-18-22(29)28-13-11-27(12-14-28)21-6-3-2-4-7-21;/h2-4,6-7,20H,5,8-19H2,1H3,(H2,24,25,26);1H. The van der Waals surface area contributed by atoms with E-state index in [1.54, 1.807) is 7.05 Å². The number of piperazine rings is 1. The topological polar surface area (TPSA) is 78.4 Å². The van der Waals surface area contributed by atoms with Gasteiger partial charge in [-0.3, -0.25) is 9.79 Å². The van der Waals surface area contributed by atoms with Crippen molar-refractivity contribution in [3.63, 3.8) is 0 Å². The molecule has 2 heterocycles. The van der Waals surface area contributed by atoms with Gasteiger partial charge in [0.1, 0.15) is 0 Å². The number of ether oxygens (including phenoxy) is 2. The number of hydrogen-bond donors (Lipinski definition) is 2. The Bertz CT molecular complexity index is 677. The molecule has 2 aliphatic heterocycles. The third-order valence-electron chi connectivity index (χ3n) is 5.84. The van der Waals surface area contributed by atoms with E-state index >= 15 is 0 Å². The second kappa shape index (κ2) is 15.3. The van der Waals surface area contributed by atoms with Gasteiger partial charge >= 0.3 is 0 Å². The van der Waals surface area contributed by atoms with Gasteiger partial charge < -0.3 is 29.9 Å². The molecule has 0 spiro atoms. The average Bonchev–Trinajstić information content (AvgIpc) is 2.84. The quantitative estimate of drug-likeness (QED) is 0.209. The Balaban J connectivity index is 0.00000363. The summed E-state index contributed by atoms with van der Waals surface area (Å²) in [5.41, 5.74) is 1.22. The van der Waals surface area contributed by atoms with E-state index in [0.717, 1.165) is 78.4 Å². The van der Waals surface area contributed by atoms with Crippen LogP contribution in [-0.4, -0.2) is 89.5 Å². The van der Waals surface area contributed by atoms with Gasteiger partial charge in [-0.1, -0.05) is 18.2 Å². The first-order valence-corrected chi connectivity index (χ1v) is 11.4. The number of guanidine groups is 1. The lowest BCUT2D eigenvalue weighted by Crippen LogP contribution is -2.52. The summed E-state index contributed by atoms with van der Waals surface area (Å²) in [6.45, 7) is 7.49. The number of rotatable bonds is 9. The minimum absolute atomic E-state index is 0. The van der Waals surface area contributed by atoms with Crippen molar-refractivity contribution in [3.8, 4) is 0 Å². The minimum atomic E-state index is 0. The molecule has 3 rings (SSSR count). The molecule has 180 valence electrons. The van der Waals surface area contributed by atoms with E-state index in [0.29, 0.717) is 11.9 Å². The summed E-state index contributed by atoms with van der Waals surface area (Å²) in [7, 11) is 1.72. The third-order valence-corrected chi connectivity index (χ3v) is 5.84. The van der Waals surface area contributed by atoms with Gasteiger partial charge in [0.2, 0.25) is 5.91 Å². The van der Waals surface area contributed by atoms with E-state index in [-0.39, 0.29) is 36.4 Å². The largest absolute Gasteiger partial charge is 0.381 e. The van der Waals surface area contributed by atoms with E-state index in [9.17, 15) is 4.79 Å². The van der Waals surface area contributed by atoms with Crippen LogP contribution < -0.4 is 15.5 Å². The number of nitrogens with one attached hydrogen (secondary N) is 2. The third kappa shape index (κ3) is 9.11. The smallest absolute Gasteiger partial charge is 0.242 e. The number of carbonyl (C=O) groups excluding carboxylic acids is 1. The van der Waals surface area contributed by atoms with Crippen molar-refractivity contribution in [3.05, 3.63) is 30.3 Å². The highest BCUT2D eigenvalue weighted by atomic mass is 127. The maximum Gasteiger partial charge on any atom is 0.242 e. The van der Waals surface area contributed by atoms with Crippen LogP contribution in [0.25, 0.3) is 0 Å². The molecule has 32 heavy (non-hydrogen) atoms. The Labute approximate surface area is 209 Å². The van der Waals surface area contributed by atoms with Gasteiger partial charge in [-0.2, -0.15) is 0 Å². The van der Waals surface area contributed by atoms with Crippen LogP contribution >= 0.6 is 24.0 Å². The Morgan fingerprint density at radius 3 is 2.53 bits per heavy atom. The summed E-state index contributed by atoms with van der Waals surface area (Å²) in [6, 6.07) is 10.4. The van der Waals surface area contributed by atoms with Gasteiger partial charge in [-0.25, -0.2) is 0 Å². The first-order chi connectivity index (χ1) is 15.3. The van der Waals surface area contributed by atoms with Crippen LogP contribution in [0.5, 0.6) is 0 Å². The second-order valence-electron chi connectivity index (χ2n) is 8.04. The first-order valence-electron chi connectivity index (χ1n) is 11.4. The second-order valence-corrected chi connectivity index (χ2v) is 8.04. The number of halogens is 1. The molecule has 2 aliphatic rings. The molecule has 0 unspecified atom stereocenters. The lowest BCUT2D eigenvalue weighted by atomic mass is 10.0. The van der Waals surface area contributed by atoms with Crippen LogP contribution in [0.2, 0.25) is 0 Å². The summed E-state index contributed by atoms with van der Waals surface area (Å²) >= 11 is 0. The molecule has 1 aromatic carbocycles. The molecule has 8 nitrogen and oxygen atoms in total. The zero-order valence-corrected chi connectivity index (χ0v) is 21.5. The van der Waals surface area contributed by atoms with Crippen molar-refractivity contribution < 1.29 is 14.3 Å². The van der Waals surface area contributed by atoms with Crippen molar-refractivity contribution in [1.82, 2.24) is 15.5 Å². The molecule has 0 atom stereocenters. The Morgan fingerprint density at radius 2 is 1.84 bits per heavy atom. The highest BCUT2D eigenvalue weighted by molar-refractivity contribution is 14.0. The van der Waals surface area contributed by atoms with Crippen LogP contribution in [0.15, 0.2) is 35.3 Å². The van der Waals surface area contributed by atoms with Crippen LogP contribution in [0, 0.1) is 5.92 Å². The number of nitrogens with zero attached hydrogens (tertiary/aromatic N) is 3. The fraction of sp³-hybridized carbons (Fsp3) is 0.652. The molecule has 1 aromatic rings. The normalized spacial score (nSPS) is 17.6. The number of amides is 1. The van der Waals surface area contributed by atoms with Crippen molar-refractivity contribution in [1.29, 1.82) is 0 Å². The van der Waals surface area contributed by atoms with Crippen LogP contribution in [0.1, 0.15) is 19.3 Å². The average molecular weight is 559 g/mol. The molecule has 2 saturated heterocycles. The molecule has 2 N–H and O–H groups in total. The van der Waals surface area contributed by atoms with Crippen molar-refractivity contribution >= 4 is 41.5 Å². The van der Waals surface area contributed by atoms with Crippen molar-refractivity contribution in [2.45, 2.75) is 19.3 Å². The van der Waals surface area contributed by atoms with E-state index in [2.05, 4.69) is 32.7 Å². The first kappa shape index (κ1) is 26.7. The highest BCUT2D eigenvalue weighted by Gasteiger charge is 2.21. The Kier molecular flexibility index (Phi) is 12.7. The molecular formula is C23H38IN5O3. The number of benzene rings is 1. The number of anilines is 1. The molecule has 0 bridgehead atoms. The predicted molar refractivity (Wildman–Crippen MR) is 139 cm³/mol. The van der Waals surface area contributed by atoms with E-state index in [4.69, 9.17) is 9.47 Å². The lowest BCUT2D eigenvalue weighted by Gasteiger charge is -2.36. The van der Waals surface area contributed by atoms with E-state index in [1.807, 2.05) is 23.1 Å². The van der Waals surface area contributed by atoms with Gasteiger partial charge in [-0.15, -0.1) is 24.0 Å². The molecule has 1 amide bonds. The fourth-order valence-electron chi connectivity index (χ4n) is 3.89. The van der Waals surface area contributed by atoms with E-state index < -0.39 is 0 Å². The Hall–Kier alpha value is -1.59. The summed E-state index contributed by atoms with van der Waals surface area (Å²) in [4.78, 5) is 21.0. The molecule has 9 heteroatoms. The fourth-order valence-corrected chi connectivity index (χ4v) is 3.89. The molecule has 2 fully saturated rings. The SMILES string of the molecule is CN=C(NCCCOCC1CCOCC1)NCC(=O)N1CCN(c2ccccc2)CC1.I. The van der Waals surface area contributed by atoms with Gasteiger partial charge in [0, 0.05) is 71.9 Å². The van der Waals surface area contributed by atoms with Crippen molar-refractivity contribution in [2.24, 2.45) is 10.9 Å². The van der Waals surface area contributed by atoms with Crippen molar-refractivity contribution in [2.75, 3.05) is 77.6 Å². The predicted octanol–water partition coefficient (Wildman–Crippen LogP) is 1.95. The van der Waals surface area contributed by atoms with Crippen LogP contribution in [-0.2, 0) is 14.3 Å². The lowest BCUT2D eigenvalue weighted by molar-refractivity contribution is -0.130. The van der Waals surface area contributed by atoms with Crippen LogP contribution in [0.3, 0.4) is 0 Å². The number of para-hydroxylation sites is 1. The van der Waals surface area contributed by atoms with Gasteiger partial charge in [0.15, 0.2) is 5.96 Å². The summed E-state index contributed by atoms with van der Waals surface area (Å²) in [5.74, 6) is 1.40. The van der Waals surface area contributed by atoms with Gasteiger partial charge in [0.05, 0.1) is 6.54 Å². The maximum atomic E-state index is 12.6. The number of hydrogen-bond acceptors (Lipinski definition) is 5. The summed E-state index contributed by atoms with van der Waals surface area (Å²) in [5, 5.41) is 6.39. The van der Waals surface area contributed by atoms with Gasteiger partial charge in [0.25, 0.3) is 0 Å². The zero-order chi connectivity index (χ0) is 21.7. The minimum Gasteiger partial charge on any atom is -0.381 e. The van der Waals surface area contributed by atoms with E-state index in [1.165, 1.54) is 5.69 Å². The molecule has 0 saturated carbocycles. The number of aliphatic imine (C=N–C) groups is 1. The molecular weight excluding hydrogens is 521 g/mol. The van der Waals surface area contributed by atoms with Gasteiger partial charge in [-0.05, 0) is 37.3 Å². The Morgan fingerprint density at radius 1 is 1.12 bits per heavy atom. The molecule has 0 aliphatic carbocycles.